The minimum absolute atomic E-state index is 0.157. The topological polar surface area (TPSA) is 55.6 Å². The van der Waals surface area contributed by atoms with Crippen LogP contribution in [0.5, 0.6) is 0 Å². The number of nitrogens with zero attached hydrogens (tertiary/aromatic N) is 2. The van der Waals surface area contributed by atoms with Crippen LogP contribution in [0.3, 0.4) is 0 Å². The highest BCUT2D eigenvalue weighted by Gasteiger charge is 2.35. The van der Waals surface area contributed by atoms with Gasteiger partial charge in [0.15, 0.2) is 0 Å². The first-order valence-corrected chi connectivity index (χ1v) is 10.4. The first-order valence-electron chi connectivity index (χ1n) is 10.4. The van der Waals surface area contributed by atoms with Crippen LogP contribution in [0.1, 0.15) is 74.8 Å². The van der Waals surface area contributed by atoms with E-state index >= 15 is 0 Å². The normalized spacial score (nSPS) is 30.2. The summed E-state index contributed by atoms with van der Waals surface area (Å²) in [4.78, 5) is 15.0. The zero-order valence-corrected chi connectivity index (χ0v) is 16.2. The minimum atomic E-state index is 0.157. The third kappa shape index (κ3) is 3.55. The molecule has 3 aliphatic rings. The van der Waals surface area contributed by atoms with E-state index in [0.717, 1.165) is 76.1 Å². The standard InChI is InChI=1S/C21H32N2O3/c1-14-6-7-19-18(12-14)20(26-22-19)15-8-10-23(11-9-15)21(24)16-4-3-5-17(13-16)25-2/h14-17H,3-13H2,1-2H3. The highest BCUT2D eigenvalue weighted by Crippen LogP contribution is 2.37. The summed E-state index contributed by atoms with van der Waals surface area (Å²) in [7, 11) is 1.77. The van der Waals surface area contributed by atoms with Crippen LogP contribution in [-0.4, -0.2) is 42.3 Å². The largest absolute Gasteiger partial charge is 0.381 e. The van der Waals surface area contributed by atoms with Crippen molar-refractivity contribution in [2.75, 3.05) is 20.2 Å². The molecule has 2 heterocycles. The first-order chi connectivity index (χ1) is 12.7. The second-order valence-corrected chi connectivity index (χ2v) is 8.64. The summed E-state index contributed by atoms with van der Waals surface area (Å²) in [6.45, 7) is 4.02. The van der Waals surface area contributed by atoms with Gasteiger partial charge >= 0.3 is 0 Å². The fraction of sp³-hybridized carbons (Fsp3) is 0.810. The lowest BCUT2D eigenvalue weighted by Gasteiger charge is -2.36. The Morgan fingerprint density at radius 3 is 2.77 bits per heavy atom. The first kappa shape index (κ1) is 18.0. The minimum Gasteiger partial charge on any atom is -0.381 e. The Morgan fingerprint density at radius 2 is 2.00 bits per heavy atom. The third-order valence-corrected chi connectivity index (χ3v) is 6.81. The molecule has 2 aliphatic carbocycles. The van der Waals surface area contributed by atoms with Crippen LogP contribution in [0.2, 0.25) is 0 Å². The number of ether oxygens (including phenoxy) is 1. The van der Waals surface area contributed by atoms with Gasteiger partial charge in [-0.2, -0.15) is 0 Å². The number of amides is 1. The Hall–Kier alpha value is -1.36. The maximum atomic E-state index is 12.9. The lowest BCUT2D eigenvalue weighted by atomic mass is 9.82. The molecule has 4 rings (SSSR count). The molecule has 0 radical (unpaired) electrons. The van der Waals surface area contributed by atoms with Gasteiger partial charge in [0.1, 0.15) is 5.76 Å². The smallest absolute Gasteiger partial charge is 0.225 e. The van der Waals surface area contributed by atoms with Gasteiger partial charge in [-0.05, 0) is 57.3 Å². The second kappa shape index (κ2) is 7.71. The van der Waals surface area contributed by atoms with Gasteiger partial charge in [0.2, 0.25) is 5.91 Å². The van der Waals surface area contributed by atoms with Gasteiger partial charge in [-0.15, -0.1) is 0 Å². The summed E-state index contributed by atoms with van der Waals surface area (Å²) < 4.78 is 11.3. The maximum Gasteiger partial charge on any atom is 0.225 e. The molecule has 0 bridgehead atoms. The van der Waals surface area contributed by atoms with Crippen LogP contribution in [0.15, 0.2) is 4.52 Å². The zero-order chi connectivity index (χ0) is 18.1. The number of methoxy groups -OCH3 is 1. The fourth-order valence-electron chi connectivity index (χ4n) is 5.13. The number of fused-ring (bicyclic) bond motifs is 1. The van der Waals surface area contributed by atoms with Gasteiger partial charge in [0, 0.05) is 37.6 Å². The molecule has 1 aliphatic heterocycles. The molecule has 144 valence electrons. The molecule has 0 N–H and O–H groups in total. The summed E-state index contributed by atoms with van der Waals surface area (Å²) in [5.74, 6) is 2.78. The van der Waals surface area contributed by atoms with E-state index in [1.54, 1.807) is 7.11 Å². The molecule has 3 atom stereocenters. The van der Waals surface area contributed by atoms with Gasteiger partial charge in [0.05, 0.1) is 11.8 Å². The maximum absolute atomic E-state index is 12.9. The molecular formula is C21H32N2O3. The lowest BCUT2D eigenvalue weighted by Crippen LogP contribution is -2.43. The number of aromatic nitrogens is 1. The molecule has 1 saturated carbocycles. The predicted octanol–water partition coefficient (Wildman–Crippen LogP) is 3.71. The van der Waals surface area contributed by atoms with Crippen LogP contribution in [0.25, 0.3) is 0 Å². The molecule has 1 aromatic rings. The number of carbonyl (C=O) groups excluding carboxylic acids is 1. The van der Waals surface area contributed by atoms with Gasteiger partial charge in [-0.1, -0.05) is 18.5 Å². The Morgan fingerprint density at radius 1 is 1.19 bits per heavy atom. The van der Waals surface area contributed by atoms with Crippen LogP contribution >= 0.6 is 0 Å². The Labute approximate surface area is 156 Å². The molecule has 5 heteroatoms. The number of piperidine rings is 1. The van der Waals surface area contributed by atoms with E-state index in [1.807, 2.05) is 0 Å². The van der Waals surface area contributed by atoms with E-state index in [4.69, 9.17) is 9.26 Å². The second-order valence-electron chi connectivity index (χ2n) is 8.64. The molecule has 0 aromatic carbocycles. The van der Waals surface area contributed by atoms with Crippen LogP contribution < -0.4 is 0 Å². The van der Waals surface area contributed by atoms with Crippen LogP contribution in [-0.2, 0) is 22.4 Å². The van der Waals surface area contributed by atoms with Crippen molar-refractivity contribution < 1.29 is 14.1 Å². The molecule has 0 spiro atoms. The molecule has 2 fully saturated rings. The highest BCUT2D eigenvalue weighted by molar-refractivity contribution is 5.79. The van der Waals surface area contributed by atoms with Crippen molar-refractivity contribution in [1.82, 2.24) is 10.1 Å². The number of aryl methyl sites for hydroxylation is 1. The van der Waals surface area contributed by atoms with Crippen molar-refractivity contribution in [3.05, 3.63) is 17.0 Å². The van der Waals surface area contributed by atoms with E-state index in [1.165, 1.54) is 17.7 Å². The number of carbonyl (C=O) groups is 1. The van der Waals surface area contributed by atoms with Crippen LogP contribution in [0.4, 0.5) is 0 Å². The van der Waals surface area contributed by atoms with Gasteiger partial charge in [-0.25, -0.2) is 0 Å². The number of likely N-dealkylation sites (tertiary alicyclic amines) is 1. The molecule has 1 saturated heterocycles. The van der Waals surface area contributed by atoms with E-state index in [2.05, 4.69) is 17.0 Å². The molecule has 5 nitrogen and oxygen atoms in total. The van der Waals surface area contributed by atoms with Crippen LogP contribution in [0, 0.1) is 11.8 Å². The van der Waals surface area contributed by atoms with E-state index in [9.17, 15) is 4.79 Å². The fourth-order valence-corrected chi connectivity index (χ4v) is 5.13. The molecule has 1 amide bonds. The molecule has 3 unspecified atom stereocenters. The van der Waals surface area contributed by atoms with Gasteiger partial charge in [0.25, 0.3) is 0 Å². The average molecular weight is 360 g/mol. The molecular weight excluding hydrogens is 328 g/mol. The lowest BCUT2D eigenvalue weighted by molar-refractivity contribution is -0.139. The van der Waals surface area contributed by atoms with E-state index in [0.29, 0.717) is 11.8 Å². The van der Waals surface area contributed by atoms with Crippen molar-refractivity contribution in [1.29, 1.82) is 0 Å². The summed E-state index contributed by atoms with van der Waals surface area (Å²) in [6, 6.07) is 0. The Balaban J connectivity index is 1.36. The van der Waals surface area contributed by atoms with E-state index in [-0.39, 0.29) is 12.0 Å². The summed E-state index contributed by atoms with van der Waals surface area (Å²) >= 11 is 0. The van der Waals surface area contributed by atoms with Crippen molar-refractivity contribution in [3.63, 3.8) is 0 Å². The summed E-state index contributed by atoms with van der Waals surface area (Å²) in [6.07, 6.45) is 9.76. The van der Waals surface area contributed by atoms with Crippen molar-refractivity contribution in [2.45, 2.75) is 76.7 Å². The summed E-state index contributed by atoms with van der Waals surface area (Å²) in [5, 5.41) is 4.34. The molecule has 1 aromatic heterocycles. The van der Waals surface area contributed by atoms with Gasteiger partial charge < -0.3 is 14.2 Å². The number of rotatable bonds is 3. The SMILES string of the molecule is COC1CCCC(C(=O)N2CCC(c3onc4c3CC(C)CC4)CC2)C1. The van der Waals surface area contributed by atoms with Gasteiger partial charge in [-0.3, -0.25) is 4.79 Å². The third-order valence-electron chi connectivity index (χ3n) is 6.81. The Kier molecular flexibility index (Phi) is 5.35. The number of hydrogen-bond acceptors (Lipinski definition) is 4. The Bertz CT molecular complexity index is 633. The zero-order valence-electron chi connectivity index (χ0n) is 16.2. The summed E-state index contributed by atoms with van der Waals surface area (Å²) in [5.41, 5.74) is 2.56. The van der Waals surface area contributed by atoms with Crippen molar-refractivity contribution in [3.8, 4) is 0 Å². The average Bonchev–Trinajstić information content (AvgIpc) is 3.10. The predicted molar refractivity (Wildman–Crippen MR) is 99.0 cm³/mol. The van der Waals surface area contributed by atoms with Crippen molar-refractivity contribution in [2.24, 2.45) is 11.8 Å². The quantitative estimate of drug-likeness (QED) is 0.824. The van der Waals surface area contributed by atoms with E-state index < -0.39 is 0 Å². The van der Waals surface area contributed by atoms with Crippen molar-refractivity contribution >= 4 is 5.91 Å². The highest BCUT2D eigenvalue weighted by atomic mass is 16.5. The molecule has 26 heavy (non-hydrogen) atoms. The number of hydrogen-bond donors (Lipinski definition) is 0. The monoisotopic (exact) mass is 360 g/mol.